The van der Waals surface area contributed by atoms with Gasteiger partial charge in [0, 0.05) is 31.9 Å². The van der Waals surface area contributed by atoms with Crippen molar-refractivity contribution in [1.82, 2.24) is 5.32 Å². The van der Waals surface area contributed by atoms with Gasteiger partial charge in [-0.2, -0.15) is 0 Å². The number of rotatable bonds is 6. The molecular weight excluding hydrogens is 178 g/mol. The SMILES string of the molecule is COCC(C)CNC(C)c1ccoc1. The summed E-state index contributed by atoms with van der Waals surface area (Å²) in [6.07, 6.45) is 3.48. The van der Waals surface area contributed by atoms with E-state index in [2.05, 4.69) is 19.2 Å². The van der Waals surface area contributed by atoms with Crippen molar-refractivity contribution in [1.29, 1.82) is 0 Å². The van der Waals surface area contributed by atoms with Gasteiger partial charge in [-0.15, -0.1) is 0 Å². The Bertz CT molecular complexity index is 233. The van der Waals surface area contributed by atoms with E-state index in [1.54, 1.807) is 19.6 Å². The third-order valence-electron chi connectivity index (χ3n) is 2.27. The van der Waals surface area contributed by atoms with Crippen LogP contribution in [-0.2, 0) is 4.74 Å². The van der Waals surface area contributed by atoms with Gasteiger partial charge in [-0.3, -0.25) is 0 Å². The van der Waals surface area contributed by atoms with E-state index >= 15 is 0 Å². The molecule has 0 saturated carbocycles. The Kier molecular flexibility index (Phi) is 4.70. The molecule has 0 aliphatic rings. The topological polar surface area (TPSA) is 34.4 Å². The number of nitrogens with one attached hydrogen (secondary N) is 1. The first kappa shape index (κ1) is 11.3. The molecule has 0 aromatic carbocycles. The maximum atomic E-state index is 5.07. The van der Waals surface area contributed by atoms with Gasteiger partial charge in [0.05, 0.1) is 12.5 Å². The Morgan fingerprint density at radius 3 is 2.86 bits per heavy atom. The fraction of sp³-hybridized carbons (Fsp3) is 0.636. The minimum atomic E-state index is 0.341. The van der Waals surface area contributed by atoms with Crippen LogP contribution in [0.1, 0.15) is 25.5 Å². The van der Waals surface area contributed by atoms with Gasteiger partial charge >= 0.3 is 0 Å². The van der Waals surface area contributed by atoms with Crippen LogP contribution in [0.3, 0.4) is 0 Å². The number of methoxy groups -OCH3 is 1. The molecule has 0 spiro atoms. The summed E-state index contributed by atoms with van der Waals surface area (Å²) in [4.78, 5) is 0. The van der Waals surface area contributed by atoms with Crippen molar-refractivity contribution in [3.05, 3.63) is 24.2 Å². The summed E-state index contributed by atoms with van der Waals surface area (Å²) >= 11 is 0. The highest BCUT2D eigenvalue weighted by Gasteiger charge is 2.07. The number of hydrogen-bond donors (Lipinski definition) is 1. The van der Waals surface area contributed by atoms with Gasteiger partial charge in [0.1, 0.15) is 0 Å². The average molecular weight is 197 g/mol. The van der Waals surface area contributed by atoms with Gasteiger partial charge in [0.2, 0.25) is 0 Å². The summed E-state index contributed by atoms with van der Waals surface area (Å²) < 4.78 is 10.1. The molecule has 1 heterocycles. The van der Waals surface area contributed by atoms with Gasteiger partial charge in [-0.05, 0) is 18.9 Å². The van der Waals surface area contributed by atoms with Crippen LogP contribution in [0.2, 0.25) is 0 Å². The largest absolute Gasteiger partial charge is 0.472 e. The zero-order valence-electron chi connectivity index (χ0n) is 9.12. The number of hydrogen-bond acceptors (Lipinski definition) is 3. The molecule has 0 aliphatic heterocycles. The summed E-state index contributed by atoms with van der Waals surface area (Å²) in [6, 6.07) is 2.33. The van der Waals surface area contributed by atoms with Crippen molar-refractivity contribution in [2.45, 2.75) is 19.9 Å². The molecule has 0 bridgehead atoms. The number of furan rings is 1. The fourth-order valence-electron chi connectivity index (χ4n) is 1.36. The molecule has 80 valence electrons. The zero-order chi connectivity index (χ0) is 10.4. The van der Waals surface area contributed by atoms with Crippen LogP contribution in [0, 0.1) is 5.92 Å². The van der Waals surface area contributed by atoms with E-state index in [4.69, 9.17) is 9.15 Å². The molecule has 1 aromatic heterocycles. The second-order valence-corrected chi connectivity index (χ2v) is 3.75. The highest BCUT2D eigenvalue weighted by Crippen LogP contribution is 2.12. The second kappa shape index (κ2) is 5.83. The van der Waals surface area contributed by atoms with E-state index in [1.807, 2.05) is 6.07 Å². The van der Waals surface area contributed by atoms with Crippen LogP contribution in [0.4, 0.5) is 0 Å². The average Bonchev–Trinajstić information content (AvgIpc) is 2.67. The maximum Gasteiger partial charge on any atom is 0.0950 e. The second-order valence-electron chi connectivity index (χ2n) is 3.75. The Labute approximate surface area is 85.4 Å². The molecule has 0 fully saturated rings. The molecular formula is C11H19NO2. The lowest BCUT2D eigenvalue weighted by atomic mass is 10.1. The summed E-state index contributed by atoms with van der Waals surface area (Å²) in [6.45, 7) is 6.05. The molecule has 1 N–H and O–H groups in total. The molecule has 2 atom stereocenters. The van der Waals surface area contributed by atoms with E-state index in [9.17, 15) is 0 Å². The Hall–Kier alpha value is -0.800. The Morgan fingerprint density at radius 1 is 1.50 bits per heavy atom. The molecule has 0 radical (unpaired) electrons. The quantitative estimate of drug-likeness (QED) is 0.759. The van der Waals surface area contributed by atoms with Crippen molar-refractivity contribution in [3.63, 3.8) is 0 Å². The maximum absolute atomic E-state index is 5.07. The molecule has 3 heteroatoms. The minimum Gasteiger partial charge on any atom is -0.472 e. The Morgan fingerprint density at radius 2 is 2.29 bits per heavy atom. The highest BCUT2D eigenvalue weighted by atomic mass is 16.5. The lowest BCUT2D eigenvalue weighted by molar-refractivity contribution is 0.157. The molecule has 14 heavy (non-hydrogen) atoms. The lowest BCUT2D eigenvalue weighted by Gasteiger charge is -2.15. The fourth-order valence-corrected chi connectivity index (χ4v) is 1.36. The number of ether oxygens (including phenoxy) is 1. The first-order chi connectivity index (χ1) is 6.74. The molecule has 0 aliphatic carbocycles. The van der Waals surface area contributed by atoms with Crippen LogP contribution in [0.25, 0.3) is 0 Å². The van der Waals surface area contributed by atoms with Crippen molar-refractivity contribution in [3.8, 4) is 0 Å². The predicted octanol–water partition coefficient (Wildman–Crippen LogP) is 2.21. The van der Waals surface area contributed by atoms with Crippen molar-refractivity contribution in [2.75, 3.05) is 20.3 Å². The van der Waals surface area contributed by atoms with Gasteiger partial charge in [-0.1, -0.05) is 6.92 Å². The van der Waals surface area contributed by atoms with Gasteiger partial charge in [0.15, 0.2) is 0 Å². The van der Waals surface area contributed by atoms with Gasteiger partial charge in [0.25, 0.3) is 0 Å². The lowest BCUT2D eigenvalue weighted by Crippen LogP contribution is -2.26. The third-order valence-corrected chi connectivity index (χ3v) is 2.27. The molecule has 0 saturated heterocycles. The third kappa shape index (κ3) is 3.52. The first-order valence-electron chi connectivity index (χ1n) is 4.98. The van der Waals surface area contributed by atoms with E-state index < -0.39 is 0 Å². The van der Waals surface area contributed by atoms with Crippen LogP contribution in [-0.4, -0.2) is 20.3 Å². The summed E-state index contributed by atoms with van der Waals surface area (Å²) in [5.74, 6) is 0.536. The van der Waals surface area contributed by atoms with Crippen LogP contribution >= 0.6 is 0 Å². The summed E-state index contributed by atoms with van der Waals surface area (Å²) in [5.41, 5.74) is 1.19. The van der Waals surface area contributed by atoms with E-state index in [1.165, 1.54) is 5.56 Å². The van der Waals surface area contributed by atoms with Crippen LogP contribution in [0.5, 0.6) is 0 Å². The normalized spacial score (nSPS) is 15.4. The molecule has 1 rings (SSSR count). The standard InChI is InChI=1S/C11H19NO2/c1-9(7-13-3)6-12-10(2)11-4-5-14-8-11/h4-5,8-10,12H,6-7H2,1-3H3. The minimum absolute atomic E-state index is 0.341. The molecule has 1 aromatic rings. The molecule has 2 unspecified atom stereocenters. The van der Waals surface area contributed by atoms with Crippen LogP contribution in [0.15, 0.2) is 23.0 Å². The van der Waals surface area contributed by atoms with Crippen molar-refractivity contribution in [2.24, 2.45) is 5.92 Å². The zero-order valence-corrected chi connectivity index (χ0v) is 9.12. The van der Waals surface area contributed by atoms with E-state index in [-0.39, 0.29) is 0 Å². The van der Waals surface area contributed by atoms with Gasteiger partial charge in [-0.25, -0.2) is 0 Å². The first-order valence-corrected chi connectivity index (χ1v) is 4.98. The summed E-state index contributed by atoms with van der Waals surface area (Å²) in [5, 5.41) is 3.43. The van der Waals surface area contributed by atoms with Crippen molar-refractivity contribution < 1.29 is 9.15 Å². The van der Waals surface area contributed by atoms with E-state index in [0.29, 0.717) is 12.0 Å². The predicted molar refractivity (Wildman–Crippen MR) is 56.2 cm³/mol. The summed E-state index contributed by atoms with van der Waals surface area (Å²) in [7, 11) is 1.73. The van der Waals surface area contributed by atoms with Gasteiger partial charge < -0.3 is 14.5 Å². The van der Waals surface area contributed by atoms with Crippen molar-refractivity contribution >= 4 is 0 Å². The molecule has 0 amide bonds. The molecule has 3 nitrogen and oxygen atoms in total. The smallest absolute Gasteiger partial charge is 0.0950 e. The highest BCUT2D eigenvalue weighted by molar-refractivity contribution is 5.10. The monoisotopic (exact) mass is 197 g/mol. The van der Waals surface area contributed by atoms with E-state index in [0.717, 1.165) is 13.2 Å². The Balaban J connectivity index is 2.24. The van der Waals surface area contributed by atoms with Crippen LogP contribution < -0.4 is 5.32 Å².